The maximum Gasteiger partial charge on any atom is 0.222 e. The first-order chi connectivity index (χ1) is 11.3. The highest BCUT2D eigenvalue weighted by atomic mass is 16.5. The molecule has 1 amide bonds. The number of ether oxygens (including phenoxy) is 2. The van der Waals surface area contributed by atoms with Gasteiger partial charge < -0.3 is 19.7 Å². The zero-order valence-electron chi connectivity index (χ0n) is 13.8. The summed E-state index contributed by atoms with van der Waals surface area (Å²) in [6.45, 7) is 3.11. The van der Waals surface area contributed by atoms with Gasteiger partial charge in [0.15, 0.2) is 11.5 Å². The minimum absolute atomic E-state index is 0.247. The van der Waals surface area contributed by atoms with E-state index in [1.807, 2.05) is 30.1 Å². The highest BCUT2D eigenvalue weighted by Gasteiger charge is 2.22. The van der Waals surface area contributed by atoms with Crippen LogP contribution in [0.1, 0.15) is 31.2 Å². The Kier molecular flexibility index (Phi) is 5.39. The third-order valence-corrected chi connectivity index (χ3v) is 4.62. The molecule has 0 aliphatic carbocycles. The van der Waals surface area contributed by atoms with E-state index in [2.05, 4.69) is 5.32 Å². The molecule has 0 aromatic heterocycles. The molecular formula is C18H26N2O3. The molecule has 0 unspecified atom stereocenters. The van der Waals surface area contributed by atoms with Gasteiger partial charge in [0.2, 0.25) is 5.91 Å². The Labute approximate surface area is 137 Å². The lowest BCUT2D eigenvalue weighted by Gasteiger charge is -2.32. The SMILES string of the molecule is CN[C@@H]1CCCN(C(=O)CCc2ccc3c(c2)OCCCO3)C1. The van der Waals surface area contributed by atoms with Crippen LogP contribution < -0.4 is 14.8 Å². The lowest BCUT2D eigenvalue weighted by Crippen LogP contribution is -2.47. The van der Waals surface area contributed by atoms with Gasteiger partial charge in [-0.3, -0.25) is 4.79 Å². The molecule has 1 atom stereocenters. The largest absolute Gasteiger partial charge is 0.490 e. The van der Waals surface area contributed by atoms with Gasteiger partial charge in [-0.05, 0) is 44.0 Å². The molecule has 0 saturated carbocycles. The lowest BCUT2D eigenvalue weighted by atomic mass is 10.0. The van der Waals surface area contributed by atoms with Crippen molar-refractivity contribution < 1.29 is 14.3 Å². The van der Waals surface area contributed by atoms with Gasteiger partial charge in [0, 0.05) is 32.0 Å². The van der Waals surface area contributed by atoms with Crippen molar-refractivity contribution in [3.8, 4) is 11.5 Å². The number of rotatable bonds is 4. The number of piperidine rings is 1. The molecule has 1 fully saturated rings. The topological polar surface area (TPSA) is 50.8 Å². The summed E-state index contributed by atoms with van der Waals surface area (Å²) in [6, 6.07) is 6.44. The predicted octanol–water partition coefficient (Wildman–Crippen LogP) is 1.99. The van der Waals surface area contributed by atoms with Crippen LogP contribution in [0.15, 0.2) is 18.2 Å². The van der Waals surface area contributed by atoms with Crippen LogP contribution in [0.2, 0.25) is 0 Å². The predicted molar refractivity (Wildman–Crippen MR) is 89.0 cm³/mol. The fraction of sp³-hybridized carbons (Fsp3) is 0.611. The summed E-state index contributed by atoms with van der Waals surface area (Å²) in [4.78, 5) is 14.4. The maximum absolute atomic E-state index is 12.4. The minimum Gasteiger partial charge on any atom is -0.490 e. The van der Waals surface area contributed by atoms with Gasteiger partial charge >= 0.3 is 0 Å². The van der Waals surface area contributed by atoms with Crippen LogP contribution >= 0.6 is 0 Å². The van der Waals surface area contributed by atoms with E-state index in [-0.39, 0.29) is 5.91 Å². The normalized spacial score (nSPS) is 20.9. The van der Waals surface area contributed by atoms with E-state index in [9.17, 15) is 4.79 Å². The second kappa shape index (κ2) is 7.68. The average Bonchev–Trinajstić information content (AvgIpc) is 2.84. The average molecular weight is 318 g/mol. The van der Waals surface area contributed by atoms with Crippen molar-refractivity contribution in [1.29, 1.82) is 0 Å². The third-order valence-electron chi connectivity index (χ3n) is 4.62. The molecule has 5 nitrogen and oxygen atoms in total. The Bertz CT molecular complexity index is 547. The highest BCUT2D eigenvalue weighted by molar-refractivity contribution is 5.76. The van der Waals surface area contributed by atoms with Crippen LogP contribution in [-0.2, 0) is 11.2 Å². The van der Waals surface area contributed by atoms with Crippen molar-refractivity contribution in [3.05, 3.63) is 23.8 Å². The maximum atomic E-state index is 12.4. The second-order valence-corrected chi connectivity index (χ2v) is 6.30. The monoisotopic (exact) mass is 318 g/mol. The molecule has 126 valence electrons. The van der Waals surface area contributed by atoms with Gasteiger partial charge in [0.05, 0.1) is 13.2 Å². The summed E-state index contributed by atoms with van der Waals surface area (Å²) in [5, 5.41) is 3.28. The number of carbonyl (C=O) groups excluding carboxylic acids is 1. The summed E-state index contributed by atoms with van der Waals surface area (Å²) < 4.78 is 11.4. The Morgan fingerprint density at radius 3 is 2.91 bits per heavy atom. The van der Waals surface area contributed by atoms with Crippen LogP contribution in [0.4, 0.5) is 0 Å². The Balaban J connectivity index is 1.55. The zero-order chi connectivity index (χ0) is 16.1. The van der Waals surface area contributed by atoms with Gasteiger partial charge in [-0.2, -0.15) is 0 Å². The quantitative estimate of drug-likeness (QED) is 0.922. The van der Waals surface area contributed by atoms with E-state index in [0.717, 1.165) is 55.8 Å². The molecule has 2 aliphatic rings. The number of likely N-dealkylation sites (N-methyl/N-ethyl adjacent to an activating group) is 1. The number of fused-ring (bicyclic) bond motifs is 1. The number of carbonyl (C=O) groups is 1. The van der Waals surface area contributed by atoms with Gasteiger partial charge in [-0.15, -0.1) is 0 Å². The second-order valence-electron chi connectivity index (χ2n) is 6.30. The Morgan fingerprint density at radius 1 is 1.26 bits per heavy atom. The molecule has 5 heteroatoms. The number of nitrogens with zero attached hydrogens (tertiary/aromatic N) is 1. The number of benzene rings is 1. The smallest absolute Gasteiger partial charge is 0.222 e. The Hall–Kier alpha value is -1.75. The van der Waals surface area contributed by atoms with Crippen molar-refractivity contribution in [3.63, 3.8) is 0 Å². The van der Waals surface area contributed by atoms with Gasteiger partial charge in [0.25, 0.3) is 0 Å². The first kappa shape index (κ1) is 16.1. The van der Waals surface area contributed by atoms with Gasteiger partial charge in [-0.1, -0.05) is 6.07 Å². The van der Waals surface area contributed by atoms with Gasteiger partial charge in [0.1, 0.15) is 0 Å². The number of amides is 1. The van der Waals surface area contributed by atoms with Gasteiger partial charge in [-0.25, -0.2) is 0 Å². The van der Waals surface area contributed by atoms with Crippen molar-refractivity contribution in [1.82, 2.24) is 10.2 Å². The number of nitrogens with one attached hydrogen (secondary N) is 1. The summed E-state index contributed by atoms with van der Waals surface area (Å²) in [5.41, 5.74) is 1.13. The molecule has 1 saturated heterocycles. The zero-order valence-corrected chi connectivity index (χ0v) is 13.8. The highest BCUT2D eigenvalue weighted by Crippen LogP contribution is 2.30. The van der Waals surface area contributed by atoms with Crippen molar-refractivity contribution >= 4 is 5.91 Å². The lowest BCUT2D eigenvalue weighted by molar-refractivity contribution is -0.132. The molecule has 1 N–H and O–H groups in total. The Morgan fingerprint density at radius 2 is 2.09 bits per heavy atom. The summed E-state index contributed by atoms with van der Waals surface area (Å²) >= 11 is 0. The molecule has 0 spiro atoms. The van der Waals surface area contributed by atoms with E-state index in [4.69, 9.17) is 9.47 Å². The molecule has 2 aliphatic heterocycles. The number of hydrogen-bond donors (Lipinski definition) is 1. The van der Waals surface area contributed by atoms with Crippen molar-refractivity contribution in [2.24, 2.45) is 0 Å². The summed E-state index contributed by atoms with van der Waals surface area (Å²) in [6.07, 6.45) is 4.44. The number of likely N-dealkylation sites (tertiary alicyclic amines) is 1. The van der Waals surface area contributed by atoms with Crippen molar-refractivity contribution in [2.45, 2.75) is 38.1 Å². The number of hydrogen-bond acceptors (Lipinski definition) is 4. The minimum atomic E-state index is 0.247. The first-order valence-electron chi connectivity index (χ1n) is 8.60. The van der Waals surface area contributed by atoms with E-state index in [1.165, 1.54) is 0 Å². The molecule has 2 heterocycles. The number of aryl methyl sites for hydroxylation is 1. The summed E-state index contributed by atoms with van der Waals surface area (Å²) in [5.74, 6) is 1.86. The van der Waals surface area contributed by atoms with Crippen LogP contribution in [0.25, 0.3) is 0 Å². The van der Waals surface area contributed by atoms with Crippen LogP contribution in [0.3, 0.4) is 0 Å². The first-order valence-corrected chi connectivity index (χ1v) is 8.60. The van der Waals surface area contributed by atoms with E-state index < -0.39 is 0 Å². The van der Waals surface area contributed by atoms with Crippen molar-refractivity contribution in [2.75, 3.05) is 33.4 Å². The molecule has 23 heavy (non-hydrogen) atoms. The third kappa shape index (κ3) is 4.16. The van der Waals surface area contributed by atoms with Crippen LogP contribution in [0, 0.1) is 0 Å². The molecule has 0 bridgehead atoms. The standard InChI is InChI=1S/C18H26N2O3/c1-19-15-4-2-9-20(13-15)18(21)8-6-14-5-7-16-17(12-14)23-11-3-10-22-16/h5,7,12,15,19H,2-4,6,8-11,13H2,1H3/t15-/m1/s1. The fourth-order valence-corrected chi connectivity index (χ4v) is 3.21. The van der Waals surface area contributed by atoms with E-state index in [1.54, 1.807) is 0 Å². The molecule has 1 aromatic carbocycles. The van der Waals surface area contributed by atoms with Crippen LogP contribution in [-0.4, -0.2) is 50.2 Å². The molecular weight excluding hydrogens is 292 g/mol. The van der Waals surface area contributed by atoms with E-state index in [0.29, 0.717) is 25.7 Å². The molecule has 1 aromatic rings. The fourth-order valence-electron chi connectivity index (χ4n) is 3.21. The molecule has 3 rings (SSSR count). The van der Waals surface area contributed by atoms with E-state index >= 15 is 0 Å². The summed E-state index contributed by atoms with van der Waals surface area (Å²) in [7, 11) is 1.97. The molecule has 0 radical (unpaired) electrons. The van der Waals surface area contributed by atoms with Crippen LogP contribution in [0.5, 0.6) is 11.5 Å².